The maximum Gasteiger partial charge on any atom is 0.247 e. The van der Waals surface area contributed by atoms with Crippen LogP contribution in [0.3, 0.4) is 0 Å². The van der Waals surface area contributed by atoms with Gasteiger partial charge >= 0.3 is 0 Å². The van der Waals surface area contributed by atoms with Crippen LogP contribution in [0.4, 0.5) is 0 Å². The first kappa shape index (κ1) is 38.7. The summed E-state index contributed by atoms with van der Waals surface area (Å²) >= 11 is 0. The van der Waals surface area contributed by atoms with Crippen molar-refractivity contribution in [1.29, 1.82) is 0 Å². The predicted octanol–water partition coefficient (Wildman–Crippen LogP) is 11.8. The SMILES string of the molecule is C[P+]1(C)CC(c2ccc3cc(C4=C(c5ccccc5)[B-](c5ccccc5)(c5ccccc5)[P+](C)(C)C4)ccc3c2)=C(c2ccccc2)[B-]1(c1ccccc1)c1ccccc1. The number of benzene rings is 8. The van der Waals surface area contributed by atoms with Gasteiger partial charge in [0, 0.05) is 39.0 Å². The summed E-state index contributed by atoms with van der Waals surface area (Å²) in [6, 6.07) is 83.1. The fraction of sp³-hybridized carbons (Fsp3) is 0.107. The largest absolute Gasteiger partial charge is 0.247 e. The zero-order valence-electron chi connectivity index (χ0n) is 35.2. The van der Waals surface area contributed by atoms with E-state index in [0.29, 0.717) is 0 Å². The van der Waals surface area contributed by atoms with Crippen molar-refractivity contribution in [2.75, 3.05) is 39.0 Å². The highest BCUT2D eigenvalue weighted by Crippen LogP contribution is 2.72. The van der Waals surface area contributed by atoms with Crippen molar-refractivity contribution in [3.8, 4) is 0 Å². The van der Waals surface area contributed by atoms with Crippen molar-refractivity contribution >= 4 is 80.7 Å². The Morgan fingerprint density at radius 2 is 0.567 bits per heavy atom. The van der Waals surface area contributed by atoms with Crippen molar-refractivity contribution in [3.05, 3.63) is 241 Å². The molecular formula is C56H52B2P2. The zero-order chi connectivity index (χ0) is 41.0. The molecule has 292 valence electrons. The van der Waals surface area contributed by atoms with Gasteiger partial charge in [-0.25, -0.2) is 0 Å². The molecule has 8 aromatic carbocycles. The Bertz CT molecular complexity index is 2610. The Hall–Kier alpha value is -5.51. The Morgan fingerprint density at radius 3 is 0.850 bits per heavy atom. The van der Waals surface area contributed by atoms with Gasteiger partial charge in [-0.2, -0.15) is 21.9 Å². The molecule has 10 rings (SSSR count). The van der Waals surface area contributed by atoms with Crippen LogP contribution in [0.5, 0.6) is 0 Å². The van der Waals surface area contributed by atoms with Crippen molar-refractivity contribution in [3.63, 3.8) is 0 Å². The van der Waals surface area contributed by atoms with Crippen LogP contribution in [0.15, 0.2) is 218 Å². The first-order valence-corrected chi connectivity index (χ1v) is 27.4. The average Bonchev–Trinajstić information content (AvgIpc) is 3.71. The Kier molecular flexibility index (Phi) is 9.79. The first-order chi connectivity index (χ1) is 29.3. The molecule has 2 heterocycles. The van der Waals surface area contributed by atoms with Gasteiger partial charge in [-0.3, -0.25) is 0 Å². The summed E-state index contributed by atoms with van der Waals surface area (Å²) < 4.78 is 0. The summed E-state index contributed by atoms with van der Waals surface area (Å²) in [5, 5.41) is 2.60. The van der Waals surface area contributed by atoms with Crippen molar-refractivity contribution in [1.82, 2.24) is 0 Å². The molecule has 0 radical (unpaired) electrons. The van der Waals surface area contributed by atoms with Crippen LogP contribution < -0.4 is 21.9 Å². The van der Waals surface area contributed by atoms with Gasteiger partial charge in [0.2, 0.25) is 11.7 Å². The molecular weight excluding hydrogens is 756 g/mol. The minimum atomic E-state index is -1.63. The molecule has 0 unspecified atom stereocenters. The quantitative estimate of drug-likeness (QED) is 0.106. The molecule has 0 nitrogen and oxygen atoms in total. The standard InChI is InChI=1S/C56H52B2P2/c1-59(2)41-53(55(43-23-11-5-12-24-43)57(59,49-27-15-7-16-28-49)50-29-17-8-18-30-50)47-37-35-46-40-48(38-36-45(46)39-47)54-42-60(3,4)58(51-31-19-9-20-32-51,52-33-21-10-22-34-52)56(54)44-25-13-6-14-26-44/h5-40H,41-42H2,1-4H3. The molecule has 8 aromatic rings. The molecule has 60 heavy (non-hydrogen) atoms. The van der Waals surface area contributed by atoms with Crippen LogP contribution in [0.25, 0.3) is 32.9 Å². The lowest BCUT2D eigenvalue weighted by Gasteiger charge is -2.45. The zero-order valence-corrected chi connectivity index (χ0v) is 37.0. The molecule has 4 heteroatoms. The summed E-state index contributed by atoms with van der Waals surface area (Å²) in [5.74, 6) is -2.48. The lowest BCUT2D eigenvalue weighted by Crippen LogP contribution is -2.59. The lowest BCUT2D eigenvalue weighted by molar-refractivity contribution is 1.57. The van der Waals surface area contributed by atoms with Gasteiger partial charge in [0.1, 0.15) is 0 Å². The molecule has 0 spiro atoms. The van der Waals surface area contributed by atoms with Gasteiger partial charge < -0.3 is 0 Å². The minimum absolute atomic E-state index is 1.10. The molecule has 0 aromatic heterocycles. The highest BCUT2D eigenvalue weighted by atomic mass is 31.2. The lowest BCUT2D eigenvalue weighted by atomic mass is 9.32. The van der Waals surface area contributed by atoms with E-state index >= 15 is 0 Å². The van der Waals surface area contributed by atoms with Crippen molar-refractivity contribution < 1.29 is 0 Å². The third-order valence-corrected chi connectivity index (χ3v) is 22.7. The van der Waals surface area contributed by atoms with Gasteiger partial charge in [-0.15, -0.1) is 25.2 Å². The fourth-order valence-electron chi connectivity index (χ4n) is 12.2. The summed E-state index contributed by atoms with van der Waals surface area (Å²) in [6.45, 7) is 10.5. The number of fused-ring (bicyclic) bond motifs is 1. The summed E-state index contributed by atoms with van der Waals surface area (Å²) in [7, 11) is -3.26. The molecule has 0 fully saturated rings. The molecule has 0 saturated heterocycles. The second-order valence-electron chi connectivity index (χ2n) is 18.5. The highest BCUT2D eigenvalue weighted by Gasteiger charge is 2.58. The molecule has 0 saturated carbocycles. The van der Waals surface area contributed by atoms with E-state index in [1.54, 1.807) is 0 Å². The van der Waals surface area contributed by atoms with Crippen molar-refractivity contribution in [2.24, 2.45) is 0 Å². The van der Waals surface area contributed by atoms with E-state index in [0.717, 1.165) is 12.3 Å². The third-order valence-electron chi connectivity index (χ3n) is 14.5. The van der Waals surface area contributed by atoms with Crippen molar-refractivity contribution in [2.45, 2.75) is 0 Å². The Labute approximate surface area is 358 Å². The number of allylic oxidation sites excluding steroid dienone is 2. The summed E-state index contributed by atoms with van der Waals surface area (Å²) in [5.41, 5.74) is 17.3. The van der Waals surface area contributed by atoms with Gasteiger partial charge in [0.05, 0.1) is 0 Å². The van der Waals surface area contributed by atoms with E-state index in [-0.39, 0.29) is 0 Å². The molecule has 0 N–H and O–H groups in total. The maximum absolute atomic E-state index is 2.62. The molecule has 0 amide bonds. The van der Waals surface area contributed by atoms with Crippen LogP contribution in [0.1, 0.15) is 22.3 Å². The average molecular weight is 809 g/mol. The predicted molar refractivity (Wildman–Crippen MR) is 274 cm³/mol. The van der Waals surface area contributed by atoms with E-state index in [1.807, 2.05) is 0 Å². The molecule has 2 aliphatic rings. The normalized spacial score (nSPS) is 17.6. The van der Waals surface area contributed by atoms with Crippen LogP contribution in [0, 0.1) is 0 Å². The van der Waals surface area contributed by atoms with Gasteiger partial charge in [-0.1, -0.05) is 217 Å². The molecule has 2 aliphatic heterocycles. The van der Waals surface area contributed by atoms with Gasteiger partial charge in [0.25, 0.3) is 0 Å². The summed E-state index contributed by atoms with van der Waals surface area (Å²) in [6.07, 6.45) is 2.19. The number of hydrogen-bond acceptors (Lipinski definition) is 0. The van der Waals surface area contributed by atoms with E-state index in [9.17, 15) is 0 Å². The second-order valence-corrected chi connectivity index (χ2v) is 27.7. The number of hydrogen-bond donors (Lipinski definition) is 0. The first-order valence-electron chi connectivity index (χ1n) is 21.6. The molecule has 0 aliphatic carbocycles. The smallest absolute Gasteiger partial charge is 0.158 e. The fourth-order valence-corrected chi connectivity index (χ4v) is 21.0. The van der Waals surface area contributed by atoms with Gasteiger partial charge in [0.15, 0.2) is 0 Å². The van der Waals surface area contributed by atoms with Crippen LogP contribution in [-0.2, 0) is 0 Å². The second kappa shape index (κ2) is 15.2. The summed E-state index contributed by atoms with van der Waals surface area (Å²) in [4.78, 5) is 0. The van der Waals surface area contributed by atoms with Crippen LogP contribution in [-0.4, -0.2) is 50.7 Å². The van der Waals surface area contributed by atoms with Crippen LogP contribution >= 0.6 is 14.3 Å². The van der Waals surface area contributed by atoms with E-state index < -0.39 is 26.0 Å². The number of rotatable bonds is 8. The highest BCUT2D eigenvalue weighted by molar-refractivity contribution is 8.15. The van der Waals surface area contributed by atoms with E-state index in [1.165, 1.54) is 77.0 Å². The third kappa shape index (κ3) is 5.98. The van der Waals surface area contributed by atoms with Crippen LogP contribution in [0.2, 0.25) is 0 Å². The Morgan fingerprint density at radius 1 is 0.300 bits per heavy atom. The van der Waals surface area contributed by atoms with Gasteiger partial charge in [-0.05, 0) is 45.2 Å². The maximum atomic E-state index is 2.62. The van der Waals surface area contributed by atoms with E-state index in [2.05, 4.69) is 245 Å². The molecule has 0 atom stereocenters. The van der Waals surface area contributed by atoms with E-state index in [4.69, 9.17) is 0 Å². The minimum Gasteiger partial charge on any atom is -0.158 e. The Balaban J connectivity index is 1.19. The monoisotopic (exact) mass is 808 g/mol. The molecule has 0 bridgehead atoms. The topological polar surface area (TPSA) is 0 Å².